The minimum Gasteiger partial charge on any atom is -0.360 e. The Morgan fingerprint density at radius 3 is 3.16 bits per heavy atom. The van der Waals surface area contributed by atoms with E-state index in [1.165, 1.54) is 0 Å². The Morgan fingerprint density at radius 2 is 2.16 bits per heavy atom. The van der Waals surface area contributed by atoms with Crippen molar-refractivity contribution < 1.29 is 4.52 Å². The quantitative estimate of drug-likeness (QED) is 0.666. The first-order chi connectivity index (χ1) is 9.42. The van der Waals surface area contributed by atoms with E-state index in [0.29, 0.717) is 0 Å². The number of fused-ring (bicyclic) bond motifs is 2. The van der Waals surface area contributed by atoms with Gasteiger partial charge in [0.05, 0.1) is 11.2 Å². The molecule has 1 atom stereocenters. The van der Waals surface area contributed by atoms with E-state index >= 15 is 0 Å². The van der Waals surface area contributed by atoms with Crippen molar-refractivity contribution in [1.29, 1.82) is 0 Å². The summed E-state index contributed by atoms with van der Waals surface area (Å²) in [6.45, 7) is 0. The number of nitrogens with zero attached hydrogens (tertiary/aromatic N) is 3. The van der Waals surface area contributed by atoms with Crippen LogP contribution in [-0.4, -0.2) is 15.4 Å². The Balaban J connectivity index is 1.83. The largest absolute Gasteiger partial charge is 0.360 e. The average Bonchev–Trinajstić information content (AvgIpc) is 2.95. The lowest BCUT2D eigenvalue weighted by atomic mass is 9.85. The Bertz CT molecular complexity index is 735. The maximum absolute atomic E-state index is 5.24. The van der Waals surface area contributed by atoms with Crippen molar-refractivity contribution in [2.75, 3.05) is 0 Å². The van der Waals surface area contributed by atoms with Crippen LogP contribution in [0.25, 0.3) is 10.9 Å². The first-order valence-electron chi connectivity index (χ1n) is 6.50. The first-order valence-corrected chi connectivity index (χ1v) is 6.50. The molecule has 0 bridgehead atoms. The fourth-order valence-corrected chi connectivity index (χ4v) is 2.77. The van der Waals surface area contributed by atoms with Crippen molar-refractivity contribution in [3.05, 3.63) is 53.5 Å². The van der Waals surface area contributed by atoms with Gasteiger partial charge in [-0.05, 0) is 25.0 Å². The third kappa shape index (κ3) is 1.71. The zero-order valence-electron chi connectivity index (χ0n) is 10.3. The summed E-state index contributed by atoms with van der Waals surface area (Å²) in [4.78, 5) is 0. The molecule has 0 N–H and O–H groups in total. The minimum atomic E-state index is 0.215. The van der Waals surface area contributed by atoms with Gasteiger partial charge in [-0.3, -0.25) is 0 Å². The van der Waals surface area contributed by atoms with E-state index < -0.39 is 0 Å². The van der Waals surface area contributed by atoms with Gasteiger partial charge in [-0.2, -0.15) is 10.2 Å². The molecule has 0 fully saturated rings. The van der Waals surface area contributed by atoms with Crippen LogP contribution in [0.1, 0.15) is 35.8 Å². The molecule has 19 heavy (non-hydrogen) atoms. The van der Waals surface area contributed by atoms with Crippen LogP contribution in [0.5, 0.6) is 0 Å². The van der Waals surface area contributed by atoms with Gasteiger partial charge in [0.25, 0.3) is 0 Å². The third-order valence-corrected chi connectivity index (χ3v) is 3.74. The molecule has 2 aromatic heterocycles. The Kier molecular flexibility index (Phi) is 2.33. The van der Waals surface area contributed by atoms with Gasteiger partial charge in [-0.25, -0.2) is 0 Å². The Hall–Kier alpha value is -2.23. The minimum absolute atomic E-state index is 0.215. The lowest BCUT2D eigenvalue weighted by Crippen LogP contribution is -2.11. The predicted octanol–water partition coefficient (Wildman–Crippen LogP) is 2.89. The van der Waals surface area contributed by atoms with Crippen molar-refractivity contribution in [1.82, 2.24) is 15.4 Å². The van der Waals surface area contributed by atoms with Gasteiger partial charge in [-0.15, -0.1) is 0 Å². The first kappa shape index (κ1) is 10.7. The normalized spacial score (nSPS) is 18.4. The van der Waals surface area contributed by atoms with Crippen LogP contribution in [0.2, 0.25) is 0 Å². The van der Waals surface area contributed by atoms with Gasteiger partial charge in [0.15, 0.2) is 0 Å². The highest BCUT2D eigenvalue weighted by molar-refractivity contribution is 5.78. The lowest BCUT2D eigenvalue weighted by Gasteiger charge is -2.19. The summed E-state index contributed by atoms with van der Waals surface area (Å²) in [5.41, 5.74) is 2.96. The summed E-state index contributed by atoms with van der Waals surface area (Å²) >= 11 is 0. The van der Waals surface area contributed by atoms with Crippen molar-refractivity contribution in [3.8, 4) is 0 Å². The zero-order valence-corrected chi connectivity index (χ0v) is 10.3. The smallest absolute Gasteiger partial charge is 0.141 e. The Morgan fingerprint density at radius 1 is 1.21 bits per heavy atom. The predicted molar refractivity (Wildman–Crippen MR) is 69.7 cm³/mol. The summed E-state index contributed by atoms with van der Waals surface area (Å²) in [5, 5.41) is 13.6. The molecule has 0 aliphatic heterocycles. The van der Waals surface area contributed by atoms with Crippen molar-refractivity contribution in [3.63, 3.8) is 0 Å². The van der Waals surface area contributed by atoms with Gasteiger partial charge in [0.2, 0.25) is 0 Å². The molecule has 0 spiro atoms. The van der Waals surface area contributed by atoms with E-state index in [2.05, 4.69) is 33.7 Å². The fourth-order valence-electron chi connectivity index (χ4n) is 2.77. The molecule has 4 rings (SSSR count). The average molecular weight is 250 g/mol. The SMILES string of the molecule is [c]1noc2c1C(c1cc3ccccc3nn1)CCC2. The molecular formula is C15H12N3O. The van der Waals surface area contributed by atoms with E-state index in [1.54, 1.807) is 0 Å². The number of hydrogen-bond donors (Lipinski definition) is 0. The molecule has 1 aliphatic rings. The summed E-state index contributed by atoms with van der Waals surface area (Å²) in [7, 11) is 0. The molecule has 1 radical (unpaired) electrons. The molecule has 93 valence electrons. The van der Waals surface area contributed by atoms with Gasteiger partial charge in [-0.1, -0.05) is 23.4 Å². The van der Waals surface area contributed by atoms with Crippen molar-refractivity contribution in [2.24, 2.45) is 0 Å². The van der Waals surface area contributed by atoms with Gasteiger partial charge in [0, 0.05) is 23.3 Å². The van der Waals surface area contributed by atoms with E-state index in [9.17, 15) is 0 Å². The number of aromatic nitrogens is 3. The molecule has 2 heterocycles. The monoisotopic (exact) mass is 250 g/mol. The second kappa shape index (κ2) is 4.16. The zero-order chi connectivity index (χ0) is 12.7. The van der Waals surface area contributed by atoms with Crippen LogP contribution >= 0.6 is 0 Å². The van der Waals surface area contributed by atoms with Crippen LogP contribution < -0.4 is 0 Å². The summed E-state index contributed by atoms with van der Waals surface area (Å²) in [6.07, 6.45) is 6.06. The highest BCUT2D eigenvalue weighted by Crippen LogP contribution is 2.35. The molecule has 0 saturated heterocycles. The molecule has 4 heteroatoms. The van der Waals surface area contributed by atoms with Gasteiger partial charge >= 0.3 is 0 Å². The standard InChI is InChI=1S/C15H12N3O/c1-2-6-13-10(4-1)8-14(18-17-13)11-5-3-7-15-12(11)9-16-19-15/h1-2,4,6,8,11H,3,5,7H2. The van der Waals surface area contributed by atoms with Crippen LogP contribution in [-0.2, 0) is 6.42 Å². The van der Waals surface area contributed by atoms with E-state index in [1.807, 2.05) is 18.2 Å². The van der Waals surface area contributed by atoms with Crippen LogP contribution in [0.15, 0.2) is 34.9 Å². The maximum atomic E-state index is 5.24. The van der Waals surface area contributed by atoms with E-state index in [4.69, 9.17) is 4.52 Å². The van der Waals surface area contributed by atoms with E-state index in [0.717, 1.165) is 47.2 Å². The van der Waals surface area contributed by atoms with Gasteiger partial charge < -0.3 is 4.52 Å². The summed E-state index contributed by atoms with van der Waals surface area (Å²) < 4.78 is 5.24. The molecule has 0 saturated carbocycles. The molecule has 0 amide bonds. The summed E-state index contributed by atoms with van der Waals surface area (Å²) in [5.74, 6) is 1.17. The molecule has 1 aliphatic carbocycles. The maximum Gasteiger partial charge on any atom is 0.141 e. The number of benzene rings is 1. The lowest BCUT2D eigenvalue weighted by molar-refractivity contribution is 0.367. The molecule has 4 nitrogen and oxygen atoms in total. The number of rotatable bonds is 1. The fraction of sp³-hybridized carbons (Fsp3) is 0.267. The number of aryl methyl sites for hydroxylation is 1. The van der Waals surface area contributed by atoms with Crippen molar-refractivity contribution in [2.45, 2.75) is 25.2 Å². The summed E-state index contributed by atoms with van der Waals surface area (Å²) in [6, 6.07) is 10.1. The molecule has 1 unspecified atom stereocenters. The third-order valence-electron chi connectivity index (χ3n) is 3.74. The molecule has 1 aromatic carbocycles. The topological polar surface area (TPSA) is 51.8 Å². The Labute approximate surface area is 110 Å². The van der Waals surface area contributed by atoms with E-state index in [-0.39, 0.29) is 5.92 Å². The highest BCUT2D eigenvalue weighted by Gasteiger charge is 2.27. The van der Waals surface area contributed by atoms with Crippen molar-refractivity contribution >= 4 is 10.9 Å². The highest BCUT2D eigenvalue weighted by atomic mass is 16.5. The van der Waals surface area contributed by atoms with Crippen LogP contribution in [0, 0.1) is 6.20 Å². The second-order valence-electron chi connectivity index (χ2n) is 4.90. The molecule has 3 aromatic rings. The van der Waals surface area contributed by atoms with Crippen LogP contribution in [0.4, 0.5) is 0 Å². The number of hydrogen-bond acceptors (Lipinski definition) is 4. The van der Waals surface area contributed by atoms with Gasteiger partial charge in [0.1, 0.15) is 12.0 Å². The van der Waals surface area contributed by atoms with Crippen LogP contribution in [0.3, 0.4) is 0 Å². The molecular weight excluding hydrogens is 238 g/mol. The second-order valence-corrected chi connectivity index (χ2v) is 4.90.